The zero-order valence-corrected chi connectivity index (χ0v) is 10.00. The van der Waals surface area contributed by atoms with E-state index in [1.165, 1.54) is 19.6 Å². The van der Waals surface area contributed by atoms with Gasteiger partial charge >= 0.3 is 5.97 Å². The van der Waals surface area contributed by atoms with Crippen LogP contribution in [0, 0.1) is 0 Å². The Hall–Kier alpha value is -1.93. The maximum atomic E-state index is 11.4. The third kappa shape index (κ3) is 4.15. The van der Waals surface area contributed by atoms with Crippen molar-refractivity contribution in [3.05, 3.63) is 18.2 Å². The molecule has 0 bridgehead atoms. The van der Waals surface area contributed by atoms with Gasteiger partial charge in [-0.3, -0.25) is 4.79 Å². The number of carboxylic acid groups (broad SMARTS) is 1. The number of aromatic carboxylic acids is 1. The Bertz CT molecular complexity index is 418. The standard InChI is InChI=1S/C10H16N4O4/c1-18-5-7(11)9(15)12-2-3-14-4-8(10(16)17)13-6-14/h4,6-7H,2-3,5,11H2,1H3,(H,12,15)(H,16,17). The lowest BCUT2D eigenvalue weighted by molar-refractivity contribution is -0.123. The van der Waals surface area contributed by atoms with Gasteiger partial charge in [0, 0.05) is 26.4 Å². The molecule has 1 aromatic heterocycles. The number of nitrogens with zero attached hydrogens (tertiary/aromatic N) is 2. The van der Waals surface area contributed by atoms with Crippen molar-refractivity contribution in [1.82, 2.24) is 14.9 Å². The average molecular weight is 256 g/mol. The van der Waals surface area contributed by atoms with Gasteiger partial charge in [0.25, 0.3) is 0 Å². The van der Waals surface area contributed by atoms with E-state index in [2.05, 4.69) is 10.3 Å². The second-order valence-corrected chi connectivity index (χ2v) is 3.65. The molecule has 1 amide bonds. The number of amides is 1. The van der Waals surface area contributed by atoms with Gasteiger partial charge in [-0.05, 0) is 0 Å². The van der Waals surface area contributed by atoms with E-state index in [0.29, 0.717) is 13.1 Å². The first-order valence-corrected chi connectivity index (χ1v) is 5.32. The highest BCUT2D eigenvalue weighted by molar-refractivity contribution is 5.84. The Morgan fingerprint density at radius 1 is 1.67 bits per heavy atom. The molecule has 0 aromatic carbocycles. The molecule has 0 aliphatic rings. The van der Waals surface area contributed by atoms with Crippen LogP contribution in [-0.2, 0) is 16.1 Å². The maximum absolute atomic E-state index is 11.4. The molecule has 100 valence electrons. The topological polar surface area (TPSA) is 119 Å². The fourth-order valence-electron chi connectivity index (χ4n) is 1.29. The lowest BCUT2D eigenvalue weighted by Gasteiger charge is -2.11. The first-order chi connectivity index (χ1) is 8.54. The van der Waals surface area contributed by atoms with Gasteiger partial charge in [-0.15, -0.1) is 0 Å². The van der Waals surface area contributed by atoms with Crippen LogP contribution in [0.15, 0.2) is 12.5 Å². The molecule has 0 saturated heterocycles. The van der Waals surface area contributed by atoms with E-state index in [-0.39, 0.29) is 18.2 Å². The number of hydrogen-bond donors (Lipinski definition) is 3. The zero-order valence-electron chi connectivity index (χ0n) is 10.00. The van der Waals surface area contributed by atoms with Crippen molar-refractivity contribution in [1.29, 1.82) is 0 Å². The van der Waals surface area contributed by atoms with Gasteiger partial charge in [-0.1, -0.05) is 0 Å². The number of nitrogens with two attached hydrogens (primary N) is 1. The van der Waals surface area contributed by atoms with Crippen LogP contribution in [-0.4, -0.2) is 52.8 Å². The molecule has 1 aromatic rings. The van der Waals surface area contributed by atoms with E-state index in [1.54, 1.807) is 4.57 Å². The largest absolute Gasteiger partial charge is 0.476 e. The predicted molar refractivity (Wildman–Crippen MR) is 62.0 cm³/mol. The number of ether oxygens (including phenoxy) is 1. The summed E-state index contributed by atoms with van der Waals surface area (Å²) in [6.45, 7) is 0.914. The SMILES string of the molecule is COCC(N)C(=O)NCCn1cnc(C(=O)O)c1. The number of carbonyl (C=O) groups is 2. The van der Waals surface area contributed by atoms with Crippen LogP contribution in [0.25, 0.3) is 0 Å². The number of carboxylic acids is 1. The van der Waals surface area contributed by atoms with E-state index in [4.69, 9.17) is 15.6 Å². The predicted octanol–water partition coefficient (Wildman–Crippen LogP) is -1.33. The van der Waals surface area contributed by atoms with Crippen LogP contribution in [0.1, 0.15) is 10.5 Å². The smallest absolute Gasteiger partial charge is 0.356 e. The lowest BCUT2D eigenvalue weighted by Crippen LogP contribution is -2.44. The monoisotopic (exact) mass is 256 g/mol. The molecule has 1 rings (SSSR count). The van der Waals surface area contributed by atoms with Crippen molar-refractivity contribution in [2.75, 3.05) is 20.3 Å². The molecule has 1 heterocycles. The van der Waals surface area contributed by atoms with E-state index >= 15 is 0 Å². The second kappa shape index (κ2) is 6.72. The Balaban J connectivity index is 2.32. The second-order valence-electron chi connectivity index (χ2n) is 3.65. The molecule has 0 saturated carbocycles. The quantitative estimate of drug-likeness (QED) is 0.556. The van der Waals surface area contributed by atoms with Gasteiger partial charge in [0.05, 0.1) is 12.9 Å². The van der Waals surface area contributed by atoms with Crippen LogP contribution < -0.4 is 11.1 Å². The first-order valence-electron chi connectivity index (χ1n) is 5.32. The van der Waals surface area contributed by atoms with Crippen molar-refractivity contribution in [3.8, 4) is 0 Å². The van der Waals surface area contributed by atoms with E-state index < -0.39 is 12.0 Å². The molecular weight excluding hydrogens is 240 g/mol. The molecule has 1 atom stereocenters. The minimum atomic E-state index is -1.08. The number of carbonyl (C=O) groups excluding carboxylic acids is 1. The highest BCUT2D eigenvalue weighted by Crippen LogP contribution is 1.95. The van der Waals surface area contributed by atoms with E-state index in [0.717, 1.165) is 0 Å². The summed E-state index contributed by atoms with van der Waals surface area (Å²) in [4.78, 5) is 25.7. The highest BCUT2D eigenvalue weighted by atomic mass is 16.5. The van der Waals surface area contributed by atoms with Crippen LogP contribution >= 0.6 is 0 Å². The first kappa shape index (κ1) is 14.1. The van der Waals surface area contributed by atoms with E-state index in [1.807, 2.05) is 0 Å². The number of imidazole rings is 1. The number of hydrogen-bond acceptors (Lipinski definition) is 5. The Labute approximate surface area is 104 Å². The van der Waals surface area contributed by atoms with Crippen molar-refractivity contribution >= 4 is 11.9 Å². The third-order valence-corrected chi connectivity index (χ3v) is 2.20. The minimum absolute atomic E-state index is 0.0302. The Morgan fingerprint density at radius 2 is 2.39 bits per heavy atom. The van der Waals surface area contributed by atoms with Gasteiger partial charge in [-0.25, -0.2) is 9.78 Å². The van der Waals surface area contributed by atoms with Crippen molar-refractivity contribution in [2.45, 2.75) is 12.6 Å². The zero-order chi connectivity index (χ0) is 13.5. The summed E-state index contributed by atoms with van der Waals surface area (Å²) in [5.74, 6) is -1.39. The van der Waals surface area contributed by atoms with Gasteiger partial charge in [0.1, 0.15) is 6.04 Å². The molecule has 0 aliphatic carbocycles. The number of aromatic nitrogens is 2. The normalized spacial score (nSPS) is 12.1. The molecule has 0 fully saturated rings. The van der Waals surface area contributed by atoms with Gasteiger partial charge in [0.2, 0.25) is 5.91 Å². The number of rotatable bonds is 7. The molecule has 8 heteroatoms. The molecule has 0 radical (unpaired) electrons. The molecule has 1 unspecified atom stereocenters. The summed E-state index contributed by atoms with van der Waals surface area (Å²) in [7, 11) is 1.46. The summed E-state index contributed by atoms with van der Waals surface area (Å²) >= 11 is 0. The van der Waals surface area contributed by atoms with Gasteiger partial charge in [-0.2, -0.15) is 0 Å². The summed E-state index contributed by atoms with van der Waals surface area (Å²) in [6, 6.07) is -0.702. The molecule has 8 nitrogen and oxygen atoms in total. The number of methoxy groups -OCH3 is 1. The molecular formula is C10H16N4O4. The fraction of sp³-hybridized carbons (Fsp3) is 0.500. The number of nitrogens with one attached hydrogen (secondary N) is 1. The average Bonchev–Trinajstić information content (AvgIpc) is 2.78. The minimum Gasteiger partial charge on any atom is -0.476 e. The van der Waals surface area contributed by atoms with Crippen LogP contribution in [0.2, 0.25) is 0 Å². The van der Waals surface area contributed by atoms with Gasteiger partial charge in [0.15, 0.2) is 5.69 Å². The van der Waals surface area contributed by atoms with E-state index in [9.17, 15) is 9.59 Å². The summed E-state index contributed by atoms with van der Waals surface area (Å²) < 4.78 is 6.33. The third-order valence-electron chi connectivity index (χ3n) is 2.20. The molecule has 18 heavy (non-hydrogen) atoms. The summed E-state index contributed by atoms with van der Waals surface area (Å²) in [5.41, 5.74) is 5.49. The Morgan fingerprint density at radius 3 is 2.94 bits per heavy atom. The van der Waals surface area contributed by atoms with Crippen LogP contribution in [0.5, 0.6) is 0 Å². The Kier molecular flexibility index (Phi) is 5.28. The van der Waals surface area contributed by atoms with Crippen molar-refractivity contribution in [2.24, 2.45) is 5.73 Å². The van der Waals surface area contributed by atoms with Crippen molar-refractivity contribution in [3.63, 3.8) is 0 Å². The highest BCUT2D eigenvalue weighted by Gasteiger charge is 2.12. The molecule has 4 N–H and O–H groups in total. The molecule has 0 spiro atoms. The summed E-state index contributed by atoms with van der Waals surface area (Å²) in [6.07, 6.45) is 2.79. The fourth-order valence-corrected chi connectivity index (χ4v) is 1.29. The lowest BCUT2D eigenvalue weighted by atomic mass is 10.3. The molecule has 0 aliphatic heterocycles. The summed E-state index contributed by atoms with van der Waals surface area (Å²) in [5, 5.41) is 11.3. The van der Waals surface area contributed by atoms with Gasteiger partial charge < -0.3 is 25.5 Å². The van der Waals surface area contributed by atoms with Crippen LogP contribution in [0.4, 0.5) is 0 Å². The van der Waals surface area contributed by atoms with Crippen molar-refractivity contribution < 1.29 is 19.4 Å². The maximum Gasteiger partial charge on any atom is 0.356 e. The van der Waals surface area contributed by atoms with Crippen LogP contribution in [0.3, 0.4) is 0 Å².